The van der Waals surface area contributed by atoms with Gasteiger partial charge in [0.05, 0.1) is 7.11 Å². The van der Waals surface area contributed by atoms with E-state index in [4.69, 9.17) is 10.2 Å². The Morgan fingerprint density at radius 3 is 2.41 bits per heavy atom. The van der Waals surface area contributed by atoms with Gasteiger partial charge in [0.2, 0.25) is 0 Å². The van der Waals surface area contributed by atoms with Crippen LogP contribution >= 0.6 is 0 Å². The summed E-state index contributed by atoms with van der Waals surface area (Å²) >= 11 is 0. The molecule has 3 N–H and O–H groups in total. The van der Waals surface area contributed by atoms with Crippen molar-refractivity contribution in [2.75, 3.05) is 7.11 Å². The molecule has 1 atom stereocenters. The van der Waals surface area contributed by atoms with E-state index in [1.54, 1.807) is 12.1 Å². The molecule has 0 saturated heterocycles. The van der Waals surface area contributed by atoms with E-state index in [0.717, 1.165) is 7.11 Å². The molecule has 6 heteroatoms. The van der Waals surface area contributed by atoms with Crippen molar-refractivity contribution < 1.29 is 24.5 Å². The monoisotopic (exact) mass is 239 g/mol. The van der Waals surface area contributed by atoms with Crippen molar-refractivity contribution in [2.24, 2.45) is 0 Å². The molecule has 0 aromatic heterocycles. The Labute approximate surface area is 97.8 Å². The summed E-state index contributed by atoms with van der Waals surface area (Å²) in [6.45, 7) is 0. The number of alkyl carbamates (subject to hydrolysis) is 1. The molecule has 0 aliphatic carbocycles. The first-order valence-electron chi connectivity index (χ1n) is 4.88. The molecule has 0 radical (unpaired) electrons. The lowest BCUT2D eigenvalue weighted by Gasteiger charge is -2.13. The second kappa shape index (κ2) is 5.74. The third kappa shape index (κ3) is 4.02. The van der Waals surface area contributed by atoms with Gasteiger partial charge in [-0.2, -0.15) is 0 Å². The van der Waals surface area contributed by atoms with Gasteiger partial charge in [-0.1, -0.05) is 12.1 Å². The third-order valence-corrected chi connectivity index (χ3v) is 2.15. The van der Waals surface area contributed by atoms with Gasteiger partial charge in [-0.15, -0.1) is 0 Å². The van der Waals surface area contributed by atoms with Crippen LogP contribution in [0.15, 0.2) is 24.3 Å². The van der Waals surface area contributed by atoms with E-state index < -0.39 is 18.1 Å². The highest BCUT2D eigenvalue weighted by atomic mass is 16.5. The lowest BCUT2D eigenvalue weighted by molar-refractivity contribution is -0.139. The molecule has 6 nitrogen and oxygen atoms in total. The number of rotatable bonds is 4. The largest absolute Gasteiger partial charge is 0.508 e. The van der Waals surface area contributed by atoms with Gasteiger partial charge in [-0.3, -0.25) is 0 Å². The predicted octanol–water partition coefficient (Wildman–Crippen LogP) is 0.744. The van der Waals surface area contributed by atoms with Crippen LogP contribution in [0.2, 0.25) is 0 Å². The van der Waals surface area contributed by atoms with Crippen molar-refractivity contribution in [3.05, 3.63) is 29.8 Å². The van der Waals surface area contributed by atoms with Crippen LogP contribution in [0, 0.1) is 0 Å². The fraction of sp³-hybridized carbons (Fsp3) is 0.273. The molecule has 1 rings (SSSR count). The van der Waals surface area contributed by atoms with Gasteiger partial charge in [-0.25, -0.2) is 9.59 Å². The Bertz CT molecular complexity index is 401. The Hall–Kier alpha value is -2.24. The van der Waals surface area contributed by atoms with Crippen molar-refractivity contribution in [1.29, 1.82) is 0 Å². The Balaban J connectivity index is 2.70. The summed E-state index contributed by atoms with van der Waals surface area (Å²) in [6, 6.07) is 5.01. The molecule has 17 heavy (non-hydrogen) atoms. The van der Waals surface area contributed by atoms with Crippen molar-refractivity contribution in [3.63, 3.8) is 0 Å². The van der Waals surface area contributed by atoms with Gasteiger partial charge in [0.1, 0.15) is 11.8 Å². The summed E-state index contributed by atoms with van der Waals surface area (Å²) in [6.07, 6.45) is -0.679. The fourth-order valence-electron chi connectivity index (χ4n) is 1.27. The number of phenolic OH excluding ortho intramolecular Hbond substituents is 1. The number of ether oxygens (including phenoxy) is 1. The first-order chi connectivity index (χ1) is 8.02. The van der Waals surface area contributed by atoms with Gasteiger partial charge >= 0.3 is 12.1 Å². The molecule has 1 aromatic carbocycles. The van der Waals surface area contributed by atoms with E-state index in [1.165, 1.54) is 12.1 Å². The Morgan fingerprint density at radius 2 is 1.94 bits per heavy atom. The van der Waals surface area contributed by atoms with Gasteiger partial charge in [0.25, 0.3) is 0 Å². The number of carbonyl (C=O) groups excluding carboxylic acids is 1. The third-order valence-electron chi connectivity index (χ3n) is 2.15. The molecule has 0 aliphatic rings. The van der Waals surface area contributed by atoms with Crippen LogP contribution in [-0.4, -0.2) is 35.4 Å². The molecule has 1 amide bonds. The van der Waals surface area contributed by atoms with E-state index in [-0.39, 0.29) is 12.2 Å². The van der Waals surface area contributed by atoms with E-state index in [1.807, 2.05) is 0 Å². The minimum Gasteiger partial charge on any atom is -0.508 e. The summed E-state index contributed by atoms with van der Waals surface area (Å²) in [5.74, 6) is -1.05. The van der Waals surface area contributed by atoms with E-state index in [0.29, 0.717) is 5.56 Å². The van der Waals surface area contributed by atoms with E-state index in [2.05, 4.69) is 10.1 Å². The molecule has 0 heterocycles. The molecule has 1 aromatic rings. The number of methoxy groups -OCH3 is 1. The lowest BCUT2D eigenvalue weighted by atomic mass is 10.1. The van der Waals surface area contributed by atoms with Crippen LogP contribution in [0.3, 0.4) is 0 Å². The summed E-state index contributed by atoms with van der Waals surface area (Å²) in [4.78, 5) is 21.8. The molecular formula is C11H13NO5. The topological polar surface area (TPSA) is 95.9 Å². The molecule has 0 aliphatic heterocycles. The predicted molar refractivity (Wildman–Crippen MR) is 58.8 cm³/mol. The maximum Gasteiger partial charge on any atom is 0.407 e. The zero-order chi connectivity index (χ0) is 12.8. The highest BCUT2D eigenvalue weighted by Crippen LogP contribution is 2.11. The number of hydrogen-bond donors (Lipinski definition) is 3. The summed E-state index contributed by atoms with van der Waals surface area (Å²) in [7, 11) is 1.16. The number of carboxylic acids is 1. The highest BCUT2D eigenvalue weighted by molar-refractivity contribution is 5.80. The van der Waals surface area contributed by atoms with Crippen molar-refractivity contribution >= 4 is 12.1 Å². The van der Waals surface area contributed by atoms with E-state index >= 15 is 0 Å². The molecule has 0 saturated carbocycles. The molecule has 0 spiro atoms. The van der Waals surface area contributed by atoms with Crippen molar-refractivity contribution in [2.45, 2.75) is 12.5 Å². The number of nitrogens with one attached hydrogen (secondary N) is 1. The second-order valence-corrected chi connectivity index (χ2v) is 3.40. The summed E-state index contributed by atoms with van der Waals surface area (Å²) < 4.78 is 4.33. The summed E-state index contributed by atoms with van der Waals surface area (Å²) in [5.41, 5.74) is 0.687. The first-order valence-corrected chi connectivity index (χ1v) is 4.88. The Kier molecular flexibility index (Phi) is 4.33. The van der Waals surface area contributed by atoms with Crippen LogP contribution in [0.25, 0.3) is 0 Å². The average Bonchev–Trinajstić information content (AvgIpc) is 2.30. The SMILES string of the molecule is COC(=O)N[C@@H](Cc1ccc(O)cc1)C(=O)O. The minimum absolute atomic E-state index is 0.0987. The normalized spacial score (nSPS) is 11.6. The number of carbonyl (C=O) groups is 2. The summed E-state index contributed by atoms with van der Waals surface area (Å²) in [5, 5.41) is 20.2. The van der Waals surface area contributed by atoms with Crippen LogP contribution in [-0.2, 0) is 16.0 Å². The van der Waals surface area contributed by atoms with Crippen LogP contribution in [0.4, 0.5) is 4.79 Å². The second-order valence-electron chi connectivity index (χ2n) is 3.40. The van der Waals surface area contributed by atoms with Crippen molar-refractivity contribution in [1.82, 2.24) is 5.32 Å². The molecule has 0 unspecified atom stereocenters. The number of phenols is 1. The average molecular weight is 239 g/mol. The lowest BCUT2D eigenvalue weighted by Crippen LogP contribution is -2.42. The quantitative estimate of drug-likeness (QED) is 0.720. The smallest absolute Gasteiger partial charge is 0.407 e. The molecule has 0 fully saturated rings. The van der Waals surface area contributed by atoms with E-state index in [9.17, 15) is 9.59 Å². The number of hydrogen-bond acceptors (Lipinski definition) is 4. The molecular weight excluding hydrogens is 226 g/mol. The minimum atomic E-state index is -1.15. The van der Waals surface area contributed by atoms with Gasteiger partial charge in [0, 0.05) is 6.42 Å². The maximum atomic E-state index is 10.9. The highest BCUT2D eigenvalue weighted by Gasteiger charge is 2.20. The Morgan fingerprint density at radius 1 is 1.35 bits per heavy atom. The number of aliphatic carboxylic acids is 1. The van der Waals surface area contributed by atoms with Crippen LogP contribution < -0.4 is 5.32 Å². The van der Waals surface area contributed by atoms with Crippen LogP contribution in [0.1, 0.15) is 5.56 Å². The fourth-order valence-corrected chi connectivity index (χ4v) is 1.27. The van der Waals surface area contributed by atoms with Crippen molar-refractivity contribution in [3.8, 4) is 5.75 Å². The number of amides is 1. The maximum absolute atomic E-state index is 10.9. The van der Waals surface area contributed by atoms with Gasteiger partial charge in [-0.05, 0) is 17.7 Å². The first kappa shape index (κ1) is 12.8. The number of benzene rings is 1. The number of aromatic hydroxyl groups is 1. The standard InChI is InChI=1S/C11H13NO5/c1-17-11(16)12-9(10(14)15)6-7-2-4-8(13)5-3-7/h2-5,9,13H,6H2,1H3,(H,12,16)(H,14,15)/t9-/m0/s1. The van der Waals surface area contributed by atoms with Gasteiger partial charge in [0.15, 0.2) is 0 Å². The zero-order valence-electron chi connectivity index (χ0n) is 9.21. The number of carboxylic acid groups (broad SMARTS) is 1. The van der Waals surface area contributed by atoms with Gasteiger partial charge < -0.3 is 20.3 Å². The van der Waals surface area contributed by atoms with Crippen LogP contribution in [0.5, 0.6) is 5.75 Å². The molecule has 0 bridgehead atoms. The molecule has 92 valence electrons. The zero-order valence-corrected chi connectivity index (χ0v) is 9.21.